The van der Waals surface area contributed by atoms with Gasteiger partial charge in [-0.2, -0.15) is 11.8 Å². The van der Waals surface area contributed by atoms with Gasteiger partial charge in [0.25, 0.3) is 0 Å². The number of benzene rings is 2. The highest BCUT2D eigenvalue weighted by molar-refractivity contribution is 7.99. The third kappa shape index (κ3) is 4.38. The summed E-state index contributed by atoms with van der Waals surface area (Å²) in [5.41, 5.74) is 3.71. The topological polar surface area (TPSA) is 20.3 Å². The smallest absolute Gasteiger partial charge is 0.227 e. The molecule has 0 saturated carbocycles. The normalized spacial score (nSPS) is 18.5. The quantitative estimate of drug-likeness (QED) is 0.841. The van der Waals surface area contributed by atoms with Gasteiger partial charge in [0.1, 0.15) is 0 Å². The number of hydrogen-bond donors (Lipinski definition) is 0. The van der Waals surface area contributed by atoms with Gasteiger partial charge in [-0.25, -0.2) is 0 Å². The van der Waals surface area contributed by atoms with Crippen LogP contribution in [0, 0.1) is 6.92 Å². The molecule has 0 aliphatic carbocycles. The predicted molar refractivity (Wildman–Crippen MR) is 97.7 cm³/mol. The summed E-state index contributed by atoms with van der Waals surface area (Å²) in [6.07, 6.45) is 1.55. The van der Waals surface area contributed by atoms with E-state index in [4.69, 9.17) is 0 Å². The van der Waals surface area contributed by atoms with E-state index in [1.807, 2.05) is 28.8 Å². The van der Waals surface area contributed by atoms with Crippen molar-refractivity contribution in [3.8, 4) is 0 Å². The largest absolute Gasteiger partial charge is 0.342 e. The predicted octanol–water partition coefficient (Wildman–Crippen LogP) is 4.24. The van der Waals surface area contributed by atoms with Crippen molar-refractivity contribution < 1.29 is 4.79 Å². The Hall–Kier alpha value is -1.74. The lowest BCUT2D eigenvalue weighted by Crippen LogP contribution is -2.34. The molecule has 2 aromatic rings. The molecule has 1 heterocycles. The minimum atomic E-state index is 0.255. The Balaban J connectivity index is 1.60. The van der Waals surface area contributed by atoms with Crippen molar-refractivity contribution in [2.75, 3.05) is 18.8 Å². The molecule has 0 bridgehead atoms. The zero-order valence-corrected chi connectivity index (χ0v) is 14.4. The number of amides is 1. The van der Waals surface area contributed by atoms with Gasteiger partial charge in [-0.15, -0.1) is 0 Å². The molecule has 1 aliphatic rings. The Labute approximate surface area is 142 Å². The minimum absolute atomic E-state index is 0.255. The molecule has 1 saturated heterocycles. The number of aryl methyl sites for hydroxylation is 1. The van der Waals surface area contributed by atoms with Crippen LogP contribution in [0.2, 0.25) is 0 Å². The van der Waals surface area contributed by atoms with Crippen LogP contribution in [0.1, 0.15) is 28.4 Å². The van der Waals surface area contributed by atoms with Crippen LogP contribution >= 0.6 is 11.8 Å². The fourth-order valence-electron chi connectivity index (χ4n) is 3.06. The summed E-state index contributed by atoms with van der Waals surface area (Å²) in [4.78, 5) is 14.6. The van der Waals surface area contributed by atoms with Crippen LogP contribution in [-0.2, 0) is 11.2 Å². The van der Waals surface area contributed by atoms with Gasteiger partial charge in [0, 0.05) is 24.1 Å². The van der Waals surface area contributed by atoms with E-state index < -0.39 is 0 Å². The number of carbonyl (C=O) groups excluding carboxylic acids is 1. The van der Waals surface area contributed by atoms with Gasteiger partial charge < -0.3 is 4.90 Å². The maximum absolute atomic E-state index is 12.6. The summed E-state index contributed by atoms with van der Waals surface area (Å²) in [5, 5.41) is 0.507. The number of carbonyl (C=O) groups is 1. The summed E-state index contributed by atoms with van der Waals surface area (Å²) in [6.45, 7) is 3.79. The molecule has 0 radical (unpaired) electrons. The second-order valence-electron chi connectivity index (χ2n) is 6.11. The zero-order valence-electron chi connectivity index (χ0n) is 13.6. The summed E-state index contributed by atoms with van der Waals surface area (Å²) < 4.78 is 0. The van der Waals surface area contributed by atoms with Crippen molar-refractivity contribution in [3.63, 3.8) is 0 Å². The van der Waals surface area contributed by atoms with Crippen LogP contribution in [-0.4, -0.2) is 29.6 Å². The Morgan fingerprint density at radius 2 is 1.96 bits per heavy atom. The van der Waals surface area contributed by atoms with Crippen molar-refractivity contribution in [2.45, 2.75) is 25.0 Å². The molecular formula is C20H23NOS. The van der Waals surface area contributed by atoms with Gasteiger partial charge in [0.05, 0.1) is 6.42 Å². The van der Waals surface area contributed by atoms with Crippen LogP contribution in [0.4, 0.5) is 0 Å². The van der Waals surface area contributed by atoms with Gasteiger partial charge in [-0.3, -0.25) is 4.79 Å². The molecule has 3 heteroatoms. The van der Waals surface area contributed by atoms with E-state index in [1.54, 1.807) is 0 Å². The Bertz CT molecular complexity index is 656. The lowest BCUT2D eigenvalue weighted by molar-refractivity contribution is -0.130. The molecule has 0 aromatic heterocycles. The van der Waals surface area contributed by atoms with Gasteiger partial charge in [0.15, 0.2) is 0 Å². The van der Waals surface area contributed by atoms with Gasteiger partial charge >= 0.3 is 0 Å². The molecule has 120 valence electrons. The van der Waals surface area contributed by atoms with Crippen LogP contribution < -0.4 is 0 Å². The van der Waals surface area contributed by atoms with E-state index in [0.29, 0.717) is 11.7 Å². The Morgan fingerprint density at radius 1 is 1.13 bits per heavy atom. The Kier molecular flexibility index (Phi) is 5.39. The molecule has 1 unspecified atom stereocenters. The second-order valence-corrected chi connectivity index (χ2v) is 7.42. The molecule has 2 nitrogen and oxygen atoms in total. The van der Waals surface area contributed by atoms with Crippen molar-refractivity contribution in [2.24, 2.45) is 0 Å². The summed E-state index contributed by atoms with van der Waals surface area (Å²) in [7, 11) is 0. The van der Waals surface area contributed by atoms with E-state index in [-0.39, 0.29) is 5.91 Å². The SMILES string of the molecule is Cc1cccc(CC(=O)N2CCSC(c3ccccc3)CC2)c1. The fourth-order valence-corrected chi connectivity index (χ4v) is 4.29. The Morgan fingerprint density at radius 3 is 2.74 bits per heavy atom. The van der Waals surface area contributed by atoms with Crippen LogP contribution in [0.5, 0.6) is 0 Å². The van der Waals surface area contributed by atoms with Crippen LogP contribution in [0.15, 0.2) is 54.6 Å². The highest BCUT2D eigenvalue weighted by atomic mass is 32.2. The van der Waals surface area contributed by atoms with E-state index in [0.717, 1.165) is 30.8 Å². The summed E-state index contributed by atoms with van der Waals surface area (Å²) in [6, 6.07) is 18.9. The fraction of sp³-hybridized carbons (Fsp3) is 0.350. The molecule has 1 amide bonds. The second kappa shape index (κ2) is 7.69. The summed E-state index contributed by atoms with van der Waals surface area (Å²) >= 11 is 1.97. The first kappa shape index (κ1) is 16.1. The van der Waals surface area contributed by atoms with Crippen LogP contribution in [0.3, 0.4) is 0 Å². The van der Waals surface area contributed by atoms with Crippen molar-refractivity contribution in [1.82, 2.24) is 4.90 Å². The zero-order chi connectivity index (χ0) is 16.1. The summed E-state index contributed by atoms with van der Waals surface area (Å²) in [5.74, 6) is 1.27. The number of thioether (sulfide) groups is 1. The van der Waals surface area contributed by atoms with E-state index >= 15 is 0 Å². The number of rotatable bonds is 3. The average molecular weight is 325 g/mol. The van der Waals surface area contributed by atoms with E-state index in [2.05, 4.69) is 49.4 Å². The number of hydrogen-bond acceptors (Lipinski definition) is 2. The highest BCUT2D eigenvalue weighted by Crippen LogP contribution is 2.34. The lowest BCUT2D eigenvalue weighted by Gasteiger charge is -2.20. The third-order valence-electron chi connectivity index (χ3n) is 4.30. The molecule has 1 fully saturated rings. The first-order valence-electron chi connectivity index (χ1n) is 8.22. The maximum atomic E-state index is 12.6. The van der Waals surface area contributed by atoms with Crippen LogP contribution in [0.25, 0.3) is 0 Å². The minimum Gasteiger partial charge on any atom is -0.342 e. The van der Waals surface area contributed by atoms with Gasteiger partial charge in [-0.05, 0) is 24.5 Å². The third-order valence-corrected chi connectivity index (χ3v) is 5.63. The van der Waals surface area contributed by atoms with Crippen molar-refractivity contribution in [3.05, 3.63) is 71.3 Å². The first-order chi connectivity index (χ1) is 11.2. The molecule has 1 atom stereocenters. The molecule has 0 spiro atoms. The average Bonchev–Trinajstić information content (AvgIpc) is 2.82. The van der Waals surface area contributed by atoms with Crippen molar-refractivity contribution >= 4 is 17.7 Å². The maximum Gasteiger partial charge on any atom is 0.227 e. The monoisotopic (exact) mass is 325 g/mol. The highest BCUT2D eigenvalue weighted by Gasteiger charge is 2.21. The molecule has 2 aromatic carbocycles. The van der Waals surface area contributed by atoms with Crippen molar-refractivity contribution in [1.29, 1.82) is 0 Å². The molecule has 23 heavy (non-hydrogen) atoms. The molecule has 1 aliphatic heterocycles. The van der Waals surface area contributed by atoms with Gasteiger partial charge in [0.2, 0.25) is 5.91 Å². The molecular weight excluding hydrogens is 302 g/mol. The van der Waals surface area contributed by atoms with E-state index in [9.17, 15) is 4.79 Å². The van der Waals surface area contributed by atoms with Gasteiger partial charge in [-0.1, -0.05) is 60.2 Å². The number of nitrogens with zero attached hydrogens (tertiary/aromatic N) is 1. The standard InChI is InChI=1S/C20H23NOS/c1-16-6-5-7-17(14-16)15-20(22)21-11-10-19(23-13-12-21)18-8-3-2-4-9-18/h2-9,14,19H,10-13,15H2,1H3. The first-order valence-corrected chi connectivity index (χ1v) is 9.27. The molecule has 3 rings (SSSR count). The lowest BCUT2D eigenvalue weighted by atomic mass is 10.1. The molecule has 0 N–H and O–H groups in total. The van der Waals surface area contributed by atoms with E-state index in [1.165, 1.54) is 11.1 Å².